The number of carbonyl (C=O) groups is 1. The molecule has 1 saturated heterocycles. The Balaban J connectivity index is 1.26. The van der Waals surface area contributed by atoms with Gasteiger partial charge in [-0.2, -0.15) is 5.26 Å². The van der Waals surface area contributed by atoms with Crippen LogP contribution >= 0.6 is 11.6 Å². The highest BCUT2D eigenvalue weighted by molar-refractivity contribution is 6.33. The van der Waals surface area contributed by atoms with Gasteiger partial charge >= 0.3 is 5.97 Å². The van der Waals surface area contributed by atoms with Crippen molar-refractivity contribution < 1.29 is 19.0 Å². The summed E-state index contributed by atoms with van der Waals surface area (Å²) in [7, 11) is 0. The Morgan fingerprint density at radius 1 is 1.21 bits per heavy atom. The van der Waals surface area contributed by atoms with E-state index in [1.807, 2.05) is 32.0 Å². The second-order valence-corrected chi connectivity index (χ2v) is 12.4. The molecule has 0 amide bonds. The van der Waals surface area contributed by atoms with E-state index in [-0.39, 0.29) is 24.7 Å². The monoisotopic (exact) mass is 597 g/mol. The molecule has 0 spiro atoms. The number of pyridine rings is 2. The van der Waals surface area contributed by atoms with Gasteiger partial charge in [0.05, 0.1) is 34.9 Å². The second-order valence-electron chi connectivity index (χ2n) is 12.0. The van der Waals surface area contributed by atoms with E-state index in [1.54, 1.807) is 6.20 Å². The molecule has 1 saturated carbocycles. The molecule has 2 aromatic rings. The highest BCUT2D eigenvalue weighted by atomic mass is 35.5. The fourth-order valence-corrected chi connectivity index (χ4v) is 5.92. The number of aromatic nitrogens is 2. The zero-order valence-electron chi connectivity index (χ0n) is 25.0. The van der Waals surface area contributed by atoms with E-state index in [0.717, 1.165) is 67.7 Å². The van der Waals surface area contributed by atoms with E-state index in [1.165, 1.54) is 0 Å². The van der Waals surface area contributed by atoms with Gasteiger partial charge in [-0.3, -0.25) is 4.98 Å². The topological polar surface area (TPSA) is 118 Å². The van der Waals surface area contributed by atoms with Crippen LogP contribution in [-0.4, -0.2) is 67.1 Å². The molecule has 2 fully saturated rings. The minimum atomic E-state index is -0.430. The van der Waals surface area contributed by atoms with Crippen LogP contribution in [-0.2, 0) is 25.4 Å². The molecule has 9 nitrogen and oxygen atoms in total. The Bertz CT molecular complexity index is 1210. The molecule has 4 rings (SSSR count). The fraction of sp³-hybridized carbons (Fsp3) is 0.625. The summed E-state index contributed by atoms with van der Waals surface area (Å²) >= 11 is 6.59. The van der Waals surface area contributed by atoms with Gasteiger partial charge in [-0.25, -0.2) is 9.78 Å². The largest absolute Gasteiger partial charge is 0.461 e. The van der Waals surface area contributed by atoms with Crippen LogP contribution in [0.2, 0.25) is 5.02 Å². The number of nitriles is 1. The summed E-state index contributed by atoms with van der Waals surface area (Å²) < 4.78 is 16.1. The SMILES string of the molecule is CC(C)OC(=O)COC[C@@H](C)NC1CCC(Cc2cc(-c3cccc(NCC4(C#N)CCOCC4)n3)c(Cl)cn2)CC1. The van der Waals surface area contributed by atoms with Crippen LogP contribution in [0.1, 0.15) is 65.0 Å². The predicted molar refractivity (Wildman–Crippen MR) is 163 cm³/mol. The zero-order valence-corrected chi connectivity index (χ0v) is 25.8. The van der Waals surface area contributed by atoms with Crippen molar-refractivity contribution in [1.29, 1.82) is 5.26 Å². The maximum Gasteiger partial charge on any atom is 0.332 e. The van der Waals surface area contributed by atoms with Crippen molar-refractivity contribution >= 4 is 23.4 Å². The third-order valence-corrected chi connectivity index (χ3v) is 8.35. The first kappa shape index (κ1) is 32.2. The van der Waals surface area contributed by atoms with Gasteiger partial charge in [-0.15, -0.1) is 0 Å². The molecule has 0 radical (unpaired) electrons. The summed E-state index contributed by atoms with van der Waals surface area (Å²) in [6.07, 6.45) is 8.37. The highest BCUT2D eigenvalue weighted by Crippen LogP contribution is 2.32. The number of anilines is 1. The van der Waals surface area contributed by atoms with Gasteiger partial charge in [0.1, 0.15) is 12.4 Å². The number of hydrogen-bond donors (Lipinski definition) is 2. The highest BCUT2D eigenvalue weighted by Gasteiger charge is 2.32. The summed E-state index contributed by atoms with van der Waals surface area (Å²) in [4.78, 5) is 21.1. The molecule has 2 aliphatic rings. The maximum absolute atomic E-state index is 11.6. The number of carbonyl (C=O) groups excluding carboxylic acids is 1. The van der Waals surface area contributed by atoms with Crippen LogP contribution < -0.4 is 10.6 Å². The van der Waals surface area contributed by atoms with Gasteiger partial charge < -0.3 is 24.8 Å². The van der Waals surface area contributed by atoms with Gasteiger partial charge in [0, 0.05) is 49.3 Å². The third kappa shape index (κ3) is 9.63. The van der Waals surface area contributed by atoms with Crippen LogP contribution in [0.15, 0.2) is 30.5 Å². The Morgan fingerprint density at radius 3 is 2.69 bits per heavy atom. The average Bonchev–Trinajstić information content (AvgIpc) is 2.98. The molecular formula is C32H44ClN5O4. The molecule has 1 aliphatic heterocycles. The number of ether oxygens (including phenoxy) is 3. The van der Waals surface area contributed by atoms with Crippen molar-refractivity contribution in [2.24, 2.45) is 11.3 Å². The first-order chi connectivity index (χ1) is 20.2. The van der Waals surface area contributed by atoms with Crippen LogP contribution in [0.3, 0.4) is 0 Å². The number of hydrogen-bond acceptors (Lipinski definition) is 9. The molecule has 0 unspecified atom stereocenters. The van der Waals surface area contributed by atoms with E-state index >= 15 is 0 Å². The van der Waals surface area contributed by atoms with E-state index in [4.69, 9.17) is 30.8 Å². The minimum Gasteiger partial charge on any atom is -0.461 e. The molecule has 1 aliphatic carbocycles. The Labute approximate surface area is 254 Å². The number of rotatable bonds is 13. The lowest BCUT2D eigenvalue weighted by Gasteiger charge is -2.31. The van der Waals surface area contributed by atoms with E-state index in [2.05, 4.69) is 34.7 Å². The summed E-state index contributed by atoms with van der Waals surface area (Å²) in [6.45, 7) is 7.97. The predicted octanol–water partition coefficient (Wildman–Crippen LogP) is 5.58. The van der Waals surface area contributed by atoms with Crippen molar-refractivity contribution in [3.8, 4) is 17.3 Å². The van der Waals surface area contributed by atoms with Gasteiger partial charge in [0.2, 0.25) is 0 Å². The first-order valence-corrected chi connectivity index (χ1v) is 15.5. The first-order valence-electron chi connectivity index (χ1n) is 15.1. The zero-order chi connectivity index (χ0) is 30.0. The van der Waals surface area contributed by atoms with Crippen molar-refractivity contribution in [3.63, 3.8) is 0 Å². The van der Waals surface area contributed by atoms with E-state index in [0.29, 0.717) is 43.3 Å². The molecule has 10 heteroatoms. The summed E-state index contributed by atoms with van der Waals surface area (Å²) in [5.74, 6) is 0.962. The van der Waals surface area contributed by atoms with E-state index in [9.17, 15) is 10.1 Å². The average molecular weight is 598 g/mol. The summed E-state index contributed by atoms with van der Waals surface area (Å²) in [5, 5.41) is 17.4. The Morgan fingerprint density at radius 2 is 1.98 bits per heavy atom. The molecule has 2 aromatic heterocycles. The maximum atomic E-state index is 11.6. The molecule has 228 valence electrons. The molecular weight excluding hydrogens is 554 g/mol. The normalized spacial score (nSPS) is 21.0. The fourth-order valence-electron chi connectivity index (χ4n) is 5.72. The molecule has 1 atom stereocenters. The van der Waals surface area contributed by atoms with Crippen LogP contribution in [0, 0.1) is 22.7 Å². The summed E-state index contributed by atoms with van der Waals surface area (Å²) in [6, 6.07) is 11.0. The molecule has 3 heterocycles. The van der Waals surface area contributed by atoms with Crippen molar-refractivity contribution in [1.82, 2.24) is 15.3 Å². The lowest BCUT2D eigenvalue weighted by Crippen LogP contribution is -2.41. The number of halogens is 1. The Kier molecular flexibility index (Phi) is 12.0. The Hall–Kier alpha value is -2.77. The van der Waals surface area contributed by atoms with Crippen LogP contribution in [0.25, 0.3) is 11.3 Å². The quantitative estimate of drug-likeness (QED) is 0.285. The molecule has 2 N–H and O–H groups in total. The third-order valence-electron chi connectivity index (χ3n) is 8.05. The lowest BCUT2D eigenvalue weighted by molar-refractivity contribution is -0.152. The van der Waals surface area contributed by atoms with Gasteiger partial charge in [0.15, 0.2) is 0 Å². The molecule has 42 heavy (non-hydrogen) atoms. The van der Waals surface area contributed by atoms with Crippen LogP contribution in [0.5, 0.6) is 0 Å². The molecule has 0 aromatic carbocycles. The van der Waals surface area contributed by atoms with Gasteiger partial charge in [-0.1, -0.05) is 17.7 Å². The summed E-state index contributed by atoms with van der Waals surface area (Å²) in [5.41, 5.74) is 2.24. The minimum absolute atomic E-state index is 0.0128. The molecule has 0 bridgehead atoms. The smallest absolute Gasteiger partial charge is 0.332 e. The van der Waals surface area contributed by atoms with Crippen molar-refractivity contribution in [2.45, 2.75) is 83.9 Å². The number of nitrogens with one attached hydrogen (secondary N) is 2. The van der Waals surface area contributed by atoms with Gasteiger partial charge in [-0.05, 0) is 89.8 Å². The lowest BCUT2D eigenvalue weighted by atomic mass is 9.82. The second kappa shape index (κ2) is 15.6. The van der Waals surface area contributed by atoms with Crippen molar-refractivity contribution in [3.05, 3.63) is 41.2 Å². The number of esters is 1. The van der Waals surface area contributed by atoms with Crippen LogP contribution in [0.4, 0.5) is 5.82 Å². The van der Waals surface area contributed by atoms with Gasteiger partial charge in [0.25, 0.3) is 0 Å². The standard InChI is InChI=1S/C32H44ClN5O4/c1-22(2)42-31(39)19-41-18-23(3)37-25-9-7-24(8-10-25)15-26-16-27(28(33)17-35-26)29-5-4-6-30(38-29)36-21-32(20-34)11-13-40-14-12-32/h4-6,16-17,22-25,37H,7-15,18-19,21H2,1-3H3,(H,36,38)/t23-,24?,25?/m1/s1. The number of nitrogens with zero attached hydrogens (tertiary/aromatic N) is 3. The van der Waals surface area contributed by atoms with E-state index < -0.39 is 5.41 Å². The van der Waals surface area contributed by atoms with Crippen molar-refractivity contribution in [2.75, 3.05) is 38.3 Å².